The molecule has 9 aromatic rings. The molecule has 9 rings (SSSR count). The summed E-state index contributed by atoms with van der Waals surface area (Å²) < 4.78 is 6.48. The third-order valence-electron chi connectivity index (χ3n) is 8.55. The highest BCUT2D eigenvalue weighted by atomic mass is 16.3. The van der Waals surface area contributed by atoms with Crippen LogP contribution in [0.15, 0.2) is 162 Å². The molecule has 7 aromatic carbocycles. The molecule has 2 heterocycles. The first-order valence-electron chi connectivity index (χ1n) is 15.6. The summed E-state index contributed by atoms with van der Waals surface area (Å²) in [6.07, 6.45) is 0. The van der Waals surface area contributed by atoms with Gasteiger partial charge in [-0.05, 0) is 51.6 Å². The van der Waals surface area contributed by atoms with Crippen LogP contribution in [-0.4, -0.2) is 19.9 Å². The maximum atomic E-state index is 6.48. The van der Waals surface area contributed by atoms with Crippen LogP contribution in [0.25, 0.3) is 89.4 Å². The molecule has 2 aromatic heterocycles. The minimum atomic E-state index is 0.570. The van der Waals surface area contributed by atoms with Gasteiger partial charge >= 0.3 is 0 Å². The predicted molar refractivity (Wildman–Crippen MR) is 190 cm³/mol. The Kier molecular flexibility index (Phi) is 6.39. The molecule has 0 aliphatic carbocycles. The molecule has 5 heteroatoms. The van der Waals surface area contributed by atoms with Gasteiger partial charge in [0.1, 0.15) is 5.52 Å². The zero-order valence-corrected chi connectivity index (χ0v) is 25.2. The summed E-state index contributed by atoms with van der Waals surface area (Å²) in [6, 6.07) is 53.6. The predicted octanol–water partition coefficient (Wildman–Crippen LogP) is 10.7. The molecule has 0 spiro atoms. The second kappa shape index (κ2) is 11.2. The van der Waals surface area contributed by atoms with Crippen molar-refractivity contribution < 1.29 is 4.42 Å². The van der Waals surface area contributed by atoms with Gasteiger partial charge in [0.25, 0.3) is 0 Å². The SMILES string of the molecule is c1ccc(-c2nc(-c3cccc(-c4cccc5ccccc45)c3)nc(-c3cccc4ccc5nc(-c6ccccc6)oc5c34)n2)cc1. The zero-order chi connectivity index (χ0) is 31.2. The third-order valence-corrected chi connectivity index (χ3v) is 8.55. The van der Waals surface area contributed by atoms with E-state index in [9.17, 15) is 0 Å². The monoisotopic (exact) mass is 602 g/mol. The van der Waals surface area contributed by atoms with Crippen molar-refractivity contribution >= 4 is 32.6 Å². The molecule has 47 heavy (non-hydrogen) atoms. The van der Waals surface area contributed by atoms with Crippen molar-refractivity contribution in [2.75, 3.05) is 0 Å². The van der Waals surface area contributed by atoms with E-state index in [2.05, 4.69) is 78.9 Å². The summed E-state index contributed by atoms with van der Waals surface area (Å²) in [5.41, 5.74) is 7.36. The van der Waals surface area contributed by atoms with E-state index >= 15 is 0 Å². The number of hydrogen-bond donors (Lipinski definition) is 0. The highest BCUT2D eigenvalue weighted by Gasteiger charge is 2.19. The molecular weight excluding hydrogens is 576 g/mol. The second-order valence-corrected chi connectivity index (χ2v) is 11.5. The molecule has 0 fully saturated rings. The summed E-state index contributed by atoms with van der Waals surface area (Å²) in [5, 5.41) is 4.34. The highest BCUT2D eigenvalue weighted by molar-refractivity contribution is 6.10. The summed E-state index contributed by atoms with van der Waals surface area (Å²) >= 11 is 0. The zero-order valence-electron chi connectivity index (χ0n) is 25.2. The lowest BCUT2D eigenvalue weighted by molar-refractivity contribution is 0.623. The van der Waals surface area contributed by atoms with Crippen LogP contribution >= 0.6 is 0 Å². The van der Waals surface area contributed by atoms with Gasteiger partial charge in [0, 0.05) is 27.6 Å². The van der Waals surface area contributed by atoms with Crippen LogP contribution < -0.4 is 0 Å². The van der Waals surface area contributed by atoms with Gasteiger partial charge in [-0.2, -0.15) is 0 Å². The Morgan fingerprint density at radius 2 is 0.979 bits per heavy atom. The van der Waals surface area contributed by atoms with Gasteiger partial charge in [0.2, 0.25) is 5.89 Å². The Balaban J connectivity index is 1.26. The number of aromatic nitrogens is 4. The van der Waals surface area contributed by atoms with E-state index in [-0.39, 0.29) is 0 Å². The normalized spacial score (nSPS) is 11.4. The maximum Gasteiger partial charge on any atom is 0.227 e. The average Bonchev–Trinajstić information content (AvgIpc) is 3.60. The number of hydrogen-bond acceptors (Lipinski definition) is 5. The molecule has 0 N–H and O–H groups in total. The molecule has 0 saturated carbocycles. The van der Waals surface area contributed by atoms with Crippen molar-refractivity contribution in [3.63, 3.8) is 0 Å². The van der Waals surface area contributed by atoms with E-state index in [0.29, 0.717) is 28.9 Å². The van der Waals surface area contributed by atoms with Gasteiger partial charge in [-0.15, -0.1) is 0 Å². The van der Waals surface area contributed by atoms with Crippen molar-refractivity contribution in [1.29, 1.82) is 0 Å². The quantitative estimate of drug-likeness (QED) is 0.196. The van der Waals surface area contributed by atoms with Crippen LogP contribution in [0.1, 0.15) is 0 Å². The highest BCUT2D eigenvalue weighted by Crippen LogP contribution is 2.37. The van der Waals surface area contributed by atoms with Crippen LogP contribution in [-0.2, 0) is 0 Å². The largest absolute Gasteiger partial charge is 0.435 e. The van der Waals surface area contributed by atoms with Crippen molar-refractivity contribution in [2.45, 2.75) is 0 Å². The van der Waals surface area contributed by atoms with E-state index in [4.69, 9.17) is 24.4 Å². The molecule has 0 bridgehead atoms. The molecule has 0 amide bonds. The third kappa shape index (κ3) is 4.82. The standard InChI is InChI=1S/C42H26N4O/c1-3-13-29(14-4-1)39-44-40(32-20-9-19-31(26-32)34-22-10-17-27-12-7-8-21-33(27)34)46-41(45-39)35-23-11-18-28-24-25-36-38(37(28)35)47-42(43-36)30-15-5-2-6-16-30/h1-26H. The van der Waals surface area contributed by atoms with Crippen LogP contribution in [0, 0.1) is 0 Å². The Morgan fingerprint density at radius 3 is 1.81 bits per heavy atom. The van der Waals surface area contributed by atoms with E-state index in [1.165, 1.54) is 16.3 Å². The van der Waals surface area contributed by atoms with Gasteiger partial charge in [0.05, 0.1) is 0 Å². The smallest absolute Gasteiger partial charge is 0.227 e. The van der Waals surface area contributed by atoms with Crippen LogP contribution in [0.4, 0.5) is 0 Å². The van der Waals surface area contributed by atoms with Crippen molar-refractivity contribution in [3.05, 3.63) is 158 Å². The number of fused-ring (bicyclic) bond motifs is 4. The Hall–Kier alpha value is -6.46. The number of rotatable bonds is 5. The summed E-state index contributed by atoms with van der Waals surface area (Å²) in [4.78, 5) is 20.1. The average molecular weight is 603 g/mol. The first-order chi connectivity index (χ1) is 23.3. The van der Waals surface area contributed by atoms with Crippen molar-refractivity contribution in [3.8, 4) is 56.7 Å². The molecule has 0 aliphatic rings. The van der Waals surface area contributed by atoms with Crippen LogP contribution in [0.2, 0.25) is 0 Å². The van der Waals surface area contributed by atoms with E-state index in [0.717, 1.165) is 44.1 Å². The fourth-order valence-corrected chi connectivity index (χ4v) is 6.29. The Bertz CT molecular complexity index is 2570. The van der Waals surface area contributed by atoms with E-state index < -0.39 is 0 Å². The summed E-state index contributed by atoms with van der Waals surface area (Å²) in [6.45, 7) is 0. The van der Waals surface area contributed by atoms with Gasteiger partial charge in [-0.25, -0.2) is 19.9 Å². The topological polar surface area (TPSA) is 64.7 Å². The number of benzene rings is 7. The van der Waals surface area contributed by atoms with Gasteiger partial charge in [-0.3, -0.25) is 0 Å². The summed E-state index contributed by atoms with van der Waals surface area (Å²) in [5.74, 6) is 2.35. The van der Waals surface area contributed by atoms with Crippen molar-refractivity contribution in [2.24, 2.45) is 0 Å². The lowest BCUT2D eigenvalue weighted by Gasteiger charge is -2.12. The fraction of sp³-hybridized carbons (Fsp3) is 0. The minimum absolute atomic E-state index is 0.570. The second-order valence-electron chi connectivity index (χ2n) is 11.5. The van der Waals surface area contributed by atoms with E-state index in [1.54, 1.807) is 0 Å². The molecule has 0 unspecified atom stereocenters. The maximum absolute atomic E-state index is 6.48. The lowest BCUT2D eigenvalue weighted by atomic mass is 9.97. The molecule has 5 nitrogen and oxygen atoms in total. The number of nitrogens with zero attached hydrogens (tertiary/aromatic N) is 4. The van der Waals surface area contributed by atoms with Crippen molar-refractivity contribution in [1.82, 2.24) is 19.9 Å². The molecular formula is C42H26N4O. The Labute approximate surface area is 270 Å². The van der Waals surface area contributed by atoms with Gasteiger partial charge < -0.3 is 4.42 Å². The summed E-state index contributed by atoms with van der Waals surface area (Å²) in [7, 11) is 0. The van der Waals surface area contributed by atoms with Crippen LogP contribution in [0.3, 0.4) is 0 Å². The molecule has 0 atom stereocenters. The lowest BCUT2D eigenvalue weighted by Crippen LogP contribution is -2.00. The first-order valence-corrected chi connectivity index (χ1v) is 15.6. The Morgan fingerprint density at radius 1 is 0.383 bits per heavy atom. The molecule has 0 saturated heterocycles. The van der Waals surface area contributed by atoms with Gasteiger partial charge in [0.15, 0.2) is 23.1 Å². The van der Waals surface area contributed by atoms with E-state index in [1.807, 2.05) is 78.9 Å². The number of oxazole rings is 1. The molecule has 0 radical (unpaired) electrons. The van der Waals surface area contributed by atoms with Crippen LogP contribution in [0.5, 0.6) is 0 Å². The van der Waals surface area contributed by atoms with Gasteiger partial charge in [-0.1, -0.05) is 133 Å². The minimum Gasteiger partial charge on any atom is -0.435 e. The molecule has 0 aliphatic heterocycles. The fourth-order valence-electron chi connectivity index (χ4n) is 6.29. The molecule has 220 valence electrons. The first kappa shape index (κ1) is 26.9.